The summed E-state index contributed by atoms with van der Waals surface area (Å²) in [4.78, 5) is 14.3. The van der Waals surface area contributed by atoms with Gasteiger partial charge in [-0.2, -0.15) is 0 Å². The predicted octanol–water partition coefficient (Wildman–Crippen LogP) is 2.17. The number of benzene rings is 1. The lowest BCUT2D eigenvalue weighted by atomic mass is 10.1. The van der Waals surface area contributed by atoms with Gasteiger partial charge in [-0.1, -0.05) is 18.3 Å². The third-order valence-electron chi connectivity index (χ3n) is 3.25. The molecule has 1 aliphatic rings. The van der Waals surface area contributed by atoms with E-state index in [1.807, 2.05) is 0 Å². The maximum Gasteiger partial charge on any atom is 0.227 e. The van der Waals surface area contributed by atoms with Crippen LogP contribution >= 0.6 is 12.2 Å². The molecule has 1 aromatic rings. The van der Waals surface area contributed by atoms with Gasteiger partial charge in [0.2, 0.25) is 5.91 Å². The van der Waals surface area contributed by atoms with Crippen molar-refractivity contribution in [3.05, 3.63) is 35.4 Å². The Morgan fingerprint density at radius 3 is 2.60 bits per heavy atom. The minimum absolute atomic E-state index is 0.0605. The molecule has 1 aromatic carbocycles. The smallest absolute Gasteiger partial charge is 0.227 e. The Bertz CT molecular complexity index is 532. The van der Waals surface area contributed by atoms with Gasteiger partial charge >= 0.3 is 0 Å². The molecular weight excluding hydrogens is 282 g/mol. The lowest BCUT2D eigenvalue weighted by Crippen LogP contribution is -2.36. The SMILES string of the molecule is NC(=S)CCN(C(=O)Cc1ccc(F)c(F)c1)C1CC1. The van der Waals surface area contributed by atoms with Crippen LogP contribution in [0.5, 0.6) is 0 Å². The van der Waals surface area contributed by atoms with Crippen LogP contribution in [0.3, 0.4) is 0 Å². The van der Waals surface area contributed by atoms with Crippen molar-refractivity contribution in [1.82, 2.24) is 4.90 Å². The summed E-state index contributed by atoms with van der Waals surface area (Å²) < 4.78 is 26.0. The van der Waals surface area contributed by atoms with Crippen LogP contribution in [-0.4, -0.2) is 28.4 Å². The first-order valence-electron chi connectivity index (χ1n) is 6.49. The number of amides is 1. The number of thiocarbonyl (C=S) groups is 1. The maximum absolute atomic E-state index is 13.1. The van der Waals surface area contributed by atoms with Gasteiger partial charge in [-0.3, -0.25) is 4.79 Å². The Kier molecular flexibility index (Phi) is 4.65. The van der Waals surface area contributed by atoms with Crippen molar-refractivity contribution in [2.75, 3.05) is 6.54 Å². The summed E-state index contributed by atoms with van der Waals surface area (Å²) in [6.45, 7) is 0.489. The molecule has 0 spiro atoms. The van der Waals surface area contributed by atoms with Crippen LogP contribution < -0.4 is 5.73 Å². The second-order valence-electron chi connectivity index (χ2n) is 4.96. The fourth-order valence-electron chi connectivity index (χ4n) is 2.05. The predicted molar refractivity (Wildman–Crippen MR) is 76.2 cm³/mol. The fraction of sp³-hybridized carbons (Fsp3) is 0.429. The molecule has 20 heavy (non-hydrogen) atoms. The van der Waals surface area contributed by atoms with E-state index in [9.17, 15) is 13.6 Å². The molecule has 3 nitrogen and oxygen atoms in total. The van der Waals surface area contributed by atoms with E-state index < -0.39 is 11.6 Å². The Morgan fingerprint density at radius 1 is 1.35 bits per heavy atom. The zero-order chi connectivity index (χ0) is 14.7. The number of carbonyl (C=O) groups is 1. The van der Waals surface area contributed by atoms with Crippen LogP contribution in [-0.2, 0) is 11.2 Å². The molecular formula is C14H16F2N2OS. The van der Waals surface area contributed by atoms with Gasteiger partial charge in [-0.05, 0) is 30.5 Å². The highest BCUT2D eigenvalue weighted by molar-refractivity contribution is 7.80. The monoisotopic (exact) mass is 298 g/mol. The molecule has 6 heteroatoms. The van der Waals surface area contributed by atoms with Gasteiger partial charge in [0.1, 0.15) is 0 Å². The fourth-order valence-corrected chi connectivity index (χ4v) is 2.14. The highest BCUT2D eigenvalue weighted by Gasteiger charge is 2.32. The van der Waals surface area contributed by atoms with Gasteiger partial charge in [0.05, 0.1) is 11.4 Å². The minimum Gasteiger partial charge on any atom is -0.393 e. The highest BCUT2D eigenvalue weighted by atomic mass is 32.1. The summed E-state index contributed by atoms with van der Waals surface area (Å²) in [5, 5.41) is 0. The van der Waals surface area contributed by atoms with E-state index >= 15 is 0 Å². The number of carbonyl (C=O) groups excluding carboxylic acids is 1. The number of hydrogen-bond acceptors (Lipinski definition) is 2. The van der Waals surface area contributed by atoms with Crippen molar-refractivity contribution in [3.8, 4) is 0 Å². The normalized spacial score (nSPS) is 14.1. The molecule has 0 heterocycles. The van der Waals surface area contributed by atoms with E-state index in [0.717, 1.165) is 25.0 Å². The first-order chi connectivity index (χ1) is 9.47. The van der Waals surface area contributed by atoms with Crippen LogP contribution in [0.25, 0.3) is 0 Å². The molecule has 108 valence electrons. The van der Waals surface area contributed by atoms with E-state index in [1.165, 1.54) is 6.07 Å². The van der Waals surface area contributed by atoms with Gasteiger partial charge in [-0.25, -0.2) is 8.78 Å². The van der Waals surface area contributed by atoms with Crippen LogP contribution in [0, 0.1) is 11.6 Å². The molecule has 1 aliphatic carbocycles. The minimum atomic E-state index is -0.934. The summed E-state index contributed by atoms with van der Waals surface area (Å²) in [5.74, 6) is -1.94. The van der Waals surface area contributed by atoms with Crippen molar-refractivity contribution < 1.29 is 13.6 Å². The summed E-state index contributed by atoms with van der Waals surface area (Å²) in [6.07, 6.45) is 2.49. The Labute approximate surface area is 121 Å². The molecule has 1 fully saturated rings. The quantitative estimate of drug-likeness (QED) is 0.819. The average molecular weight is 298 g/mol. The maximum atomic E-state index is 13.1. The van der Waals surface area contributed by atoms with E-state index in [0.29, 0.717) is 23.5 Å². The summed E-state index contributed by atoms with van der Waals surface area (Å²) in [6, 6.07) is 3.76. The second kappa shape index (κ2) is 6.26. The number of rotatable bonds is 6. The molecule has 2 N–H and O–H groups in total. The lowest BCUT2D eigenvalue weighted by molar-refractivity contribution is -0.130. The average Bonchev–Trinajstić information content (AvgIpc) is 3.18. The van der Waals surface area contributed by atoms with Crippen molar-refractivity contribution in [2.45, 2.75) is 31.7 Å². The molecule has 0 radical (unpaired) electrons. The van der Waals surface area contributed by atoms with Crippen molar-refractivity contribution >= 4 is 23.1 Å². The molecule has 2 rings (SSSR count). The standard InChI is InChI=1S/C14H16F2N2OS/c15-11-4-1-9(7-12(11)16)8-14(19)18(10-2-3-10)6-5-13(17)20/h1,4,7,10H,2-3,5-6,8H2,(H2,17,20). The highest BCUT2D eigenvalue weighted by Crippen LogP contribution is 2.27. The Morgan fingerprint density at radius 2 is 2.05 bits per heavy atom. The Hall–Kier alpha value is -1.56. The lowest BCUT2D eigenvalue weighted by Gasteiger charge is -2.22. The molecule has 0 unspecified atom stereocenters. The van der Waals surface area contributed by atoms with Gasteiger partial charge in [0.15, 0.2) is 11.6 Å². The molecule has 0 aliphatic heterocycles. The second-order valence-corrected chi connectivity index (χ2v) is 5.48. The largest absolute Gasteiger partial charge is 0.393 e. The summed E-state index contributed by atoms with van der Waals surface area (Å²) in [7, 11) is 0. The van der Waals surface area contributed by atoms with E-state index in [4.69, 9.17) is 18.0 Å². The molecule has 1 saturated carbocycles. The number of nitrogens with two attached hydrogens (primary N) is 1. The van der Waals surface area contributed by atoms with Crippen molar-refractivity contribution in [1.29, 1.82) is 0 Å². The van der Waals surface area contributed by atoms with E-state index in [1.54, 1.807) is 4.90 Å². The Balaban J connectivity index is 2.00. The zero-order valence-electron chi connectivity index (χ0n) is 10.9. The van der Waals surface area contributed by atoms with Gasteiger partial charge in [0, 0.05) is 19.0 Å². The first-order valence-corrected chi connectivity index (χ1v) is 6.90. The summed E-state index contributed by atoms with van der Waals surface area (Å²) >= 11 is 4.82. The molecule has 0 aromatic heterocycles. The van der Waals surface area contributed by atoms with E-state index in [2.05, 4.69) is 0 Å². The number of hydrogen-bond donors (Lipinski definition) is 1. The van der Waals surface area contributed by atoms with Gasteiger partial charge in [0.25, 0.3) is 0 Å². The molecule has 1 amide bonds. The van der Waals surface area contributed by atoms with Crippen molar-refractivity contribution in [3.63, 3.8) is 0 Å². The topological polar surface area (TPSA) is 46.3 Å². The molecule has 0 saturated heterocycles. The van der Waals surface area contributed by atoms with Gasteiger partial charge < -0.3 is 10.6 Å². The van der Waals surface area contributed by atoms with Crippen LogP contribution in [0.1, 0.15) is 24.8 Å². The van der Waals surface area contributed by atoms with E-state index in [-0.39, 0.29) is 18.4 Å². The number of nitrogens with zero attached hydrogens (tertiary/aromatic N) is 1. The van der Waals surface area contributed by atoms with Crippen LogP contribution in [0.2, 0.25) is 0 Å². The van der Waals surface area contributed by atoms with Crippen LogP contribution in [0.4, 0.5) is 8.78 Å². The molecule has 0 bridgehead atoms. The third-order valence-corrected chi connectivity index (χ3v) is 3.45. The van der Waals surface area contributed by atoms with Crippen molar-refractivity contribution in [2.24, 2.45) is 5.73 Å². The zero-order valence-corrected chi connectivity index (χ0v) is 11.8. The van der Waals surface area contributed by atoms with Crippen LogP contribution in [0.15, 0.2) is 18.2 Å². The van der Waals surface area contributed by atoms with Gasteiger partial charge in [-0.15, -0.1) is 0 Å². The molecule has 0 atom stereocenters. The summed E-state index contributed by atoms with van der Waals surface area (Å²) in [5.41, 5.74) is 5.92. The first kappa shape index (κ1) is 14.8. The third kappa shape index (κ3) is 3.96. The number of halogens is 2.